The van der Waals surface area contributed by atoms with Crippen LogP contribution in [0.1, 0.15) is 70.9 Å². The summed E-state index contributed by atoms with van der Waals surface area (Å²) in [6.45, 7) is 10.3. The zero-order valence-corrected chi connectivity index (χ0v) is 32.2. The average molecular weight is 756 g/mol. The number of carbonyl (C=O) groups excluding carboxylic acids is 3. The molecule has 13 heteroatoms. The van der Waals surface area contributed by atoms with Crippen LogP contribution >= 0.6 is 23.2 Å². The molecule has 0 radical (unpaired) electrons. The minimum absolute atomic E-state index is 0.0537. The predicted octanol–water partition coefficient (Wildman–Crippen LogP) is 6.15. The second-order valence-electron chi connectivity index (χ2n) is 14.4. The maximum Gasteiger partial charge on any atom is 0.508 e. The Morgan fingerprint density at radius 2 is 1.00 bits per heavy atom. The summed E-state index contributed by atoms with van der Waals surface area (Å²) in [6.07, 6.45) is 5.02. The lowest BCUT2D eigenvalue weighted by Crippen LogP contribution is -2.53. The molecule has 2 unspecified atom stereocenters. The number of nitrogens with one attached hydrogen (secondary N) is 2. The van der Waals surface area contributed by atoms with E-state index in [1.54, 1.807) is 26.4 Å². The summed E-state index contributed by atoms with van der Waals surface area (Å²) in [5, 5.41) is 11.4. The number of hydrogen-bond acceptors (Lipinski definition) is 9. The van der Waals surface area contributed by atoms with Crippen LogP contribution in [-0.4, -0.2) is 92.8 Å². The largest absolute Gasteiger partial charge is 0.508 e. The molecule has 280 valence electrons. The summed E-state index contributed by atoms with van der Waals surface area (Å²) in [5.74, 6) is -1.23. The smallest absolute Gasteiger partial charge is 0.433 e. The van der Waals surface area contributed by atoms with Crippen LogP contribution in [0.5, 0.6) is 0 Å². The van der Waals surface area contributed by atoms with Crippen LogP contribution in [0, 0.1) is 27.7 Å². The number of amides is 2. The molecule has 4 heterocycles. The monoisotopic (exact) mass is 754 g/mol. The standard InChI is InChI=1S/C39H48Cl2N4O7/c1-23-15-27(40)16-24(2)35(23)29(31-19-33(46)42-38(31)7-11-44(49-5)12-8-38)21-51-37(48)52-22-30(36-25(3)17-28(41)18-26(36)4)32-20-34(47)43-39(32)9-13-45(50-6)14-10-39/h15-20,29-30H,7-14,21-22H2,1-6H3,(H,42,46)(H,43,47). The number of nitrogens with zero attached hydrogens (tertiary/aromatic N) is 2. The lowest BCUT2D eigenvalue weighted by Gasteiger charge is -2.42. The first kappa shape index (κ1) is 38.3. The van der Waals surface area contributed by atoms with Crippen molar-refractivity contribution in [1.82, 2.24) is 20.8 Å². The SMILES string of the molecule is CON1CCC2(CC1)NC(=O)C=C2C(COC(=O)OCC(C1=CC(=O)NC12CCN(OC)CC2)c1c(C)cc(Cl)cc1C)c1c(C)cc(Cl)cc1C. The Balaban J connectivity index is 1.28. The van der Waals surface area contributed by atoms with Crippen LogP contribution in [0.2, 0.25) is 10.0 Å². The number of rotatable bonds is 10. The van der Waals surface area contributed by atoms with Crippen LogP contribution in [0.4, 0.5) is 4.79 Å². The van der Waals surface area contributed by atoms with E-state index in [4.69, 9.17) is 42.4 Å². The highest BCUT2D eigenvalue weighted by atomic mass is 35.5. The molecular weight excluding hydrogens is 707 g/mol. The lowest BCUT2D eigenvalue weighted by atomic mass is 9.73. The van der Waals surface area contributed by atoms with Crippen LogP contribution in [0.3, 0.4) is 0 Å². The molecule has 0 bridgehead atoms. The molecule has 0 aromatic heterocycles. The van der Waals surface area contributed by atoms with Gasteiger partial charge in [-0.2, -0.15) is 10.1 Å². The Kier molecular flexibility index (Phi) is 11.4. The van der Waals surface area contributed by atoms with E-state index in [9.17, 15) is 14.4 Å². The number of benzene rings is 2. The van der Waals surface area contributed by atoms with Gasteiger partial charge in [0.15, 0.2) is 0 Å². The van der Waals surface area contributed by atoms with E-state index in [2.05, 4.69) is 10.6 Å². The topological polar surface area (TPSA) is 119 Å². The number of carbonyl (C=O) groups is 3. The highest BCUT2D eigenvalue weighted by Crippen LogP contribution is 2.45. The Morgan fingerprint density at radius 3 is 1.31 bits per heavy atom. The summed E-state index contributed by atoms with van der Waals surface area (Å²) in [7, 11) is 3.29. The first-order valence-electron chi connectivity index (χ1n) is 17.8. The van der Waals surface area contributed by atoms with Gasteiger partial charge < -0.3 is 29.8 Å². The first-order valence-corrected chi connectivity index (χ1v) is 18.5. The van der Waals surface area contributed by atoms with E-state index in [1.807, 2.05) is 62.1 Å². The molecule has 2 atom stereocenters. The number of hydroxylamine groups is 4. The summed E-state index contributed by atoms with van der Waals surface area (Å²) in [5.41, 5.74) is 6.13. The molecule has 2 aromatic rings. The highest BCUT2D eigenvalue weighted by molar-refractivity contribution is 6.31. The molecular formula is C39H48Cl2N4O7. The minimum Gasteiger partial charge on any atom is -0.433 e. The fourth-order valence-corrected chi connectivity index (χ4v) is 9.64. The molecule has 2 N–H and O–H groups in total. The Morgan fingerprint density at radius 1 is 0.673 bits per heavy atom. The van der Waals surface area contributed by atoms with Gasteiger partial charge in [-0.05, 0) is 122 Å². The fourth-order valence-electron chi connectivity index (χ4n) is 8.99. The van der Waals surface area contributed by atoms with E-state index < -0.39 is 29.1 Å². The third kappa shape index (κ3) is 7.62. The predicted molar refractivity (Wildman–Crippen MR) is 198 cm³/mol. The molecule has 4 aliphatic rings. The van der Waals surface area contributed by atoms with Gasteiger partial charge in [0, 0.05) is 60.2 Å². The van der Waals surface area contributed by atoms with Gasteiger partial charge in [0.05, 0.1) is 25.3 Å². The van der Waals surface area contributed by atoms with Crippen molar-refractivity contribution in [2.24, 2.45) is 0 Å². The zero-order valence-electron chi connectivity index (χ0n) is 30.7. The van der Waals surface area contributed by atoms with Gasteiger partial charge in [0.2, 0.25) is 11.8 Å². The van der Waals surface area contributed by atoms with Crippen molar-refractivity contribution < 1.29 is 33.5 Å². The highest BCUT2D eigenvalue weighted by Gasteiger charge is 2.48. The molecule has 2 saturated heterocycles. The van der Waals surface area contributed by atoms with Gasteiger partial charge in [-0.3, -0.25) is 9.59 Å². The second kappa shape index (κ2) is 15.5. The fraction of sp³-hybridized carbons (Fsp3) is 0.513. The van der Waals surface area contributed by atoms with Crippen LogP contribution < -0.4 is 10.6 Å². The number of piperidine rings is 2. The molecule has 6 rings (SSSR count). The molecule has 0 aliphatic carbocycles. The van der Waals surface area contributed by atoms with Gasteiger partial charge in [-0.1, -0.05) is 23.2 Å². The van der Waals surface area contributed by atoms with Crippen LogP contribution in [-0.2, 0) is 28.7 Å². The number of halogens is 2. The van der Waals surface area contributed by atoms with Gasteiger partial charge in [0.1, 0.15) is 13.2 Å². The lowest BCUT2D eigenvalue weighted by molar-refractivity contribution is -0.151. The Labute approximate surface area is 315 Å². The average Bonchev–Trinajstić information content (AvgIpc) is 3.58. The van der Waals surface area contributed by atoms with Crippen molar-refractivity contribution in [3.05, 3.63) is 91.0 Å². The number of ether oxygens (including phenoxy) is 2. The van der Waals surface area contributed by atoms with Crippen molar-refractivity contribution in [2.75, 3.05) is 53.6 Å². The van der Waals surface area contributed by atoms with Crippen molar-refractivity contribution in [2.45, 2.75) is 76.3 Å². The maximum atomic E-state index is 13.7. The Hall–Kier alpha value is -3.45. The molecule has 4 aliphatic heterocycles. The minimum atomic E-state index is -0.842. The molecule has 52 heavy (non-hydrogen) atoms. The van der Waals surface area contributed by atoms with Crippen molar-refractivity contribution >= 4 is 41.2 Å². The Bertz CT molecular complexity index is 1620. The van der Waals surface area contributed by atoms with E-state index >= 15 is 0 Å². The van der Waals surface area contributed by atoms with E-state index in [0.717, 1.165) is 44.5 Å². The molecule has 2 amide bonds. The van der Waals surface area contributed by atoms with E-state index in [1.165, 1.54) is 0 Å². The number of aryl methyl sites for hydroxylation is 4. The van der Waals surface area contributed by atoms with E-state index in [-0.39, 0.29) is 25.0 Å². The van der Waals surface area contributed by atoms with E-state index in [0.29, 0.717) is 61.9 Å². The molecule has 2 spiro atoms. The molecule has 2 fully saturated rings. The molecule has 11 nitrogen and oxygen atoms in total. The summed E-state index contributed by atoms with van der Waals surface area (Å²) in [4.78, 5) is 50.7. The van der Waals surface area contributed by atoms with Crippen LogP contribution in [0.15, 0.2) is 47.6 Å². The molecule has 0 saturated carbocycles. The van der Waals surface area contributed by atoms with Gasteiger partial charge in [0.25, 0.3) is 0 Å². The van der Waals surface area contributed by atoms with Crippen molar-refractivity contribution in [3.8, 4) is 0 Å². The maximum absolute atomic E-state index is 13.7. The molecule has 2 aromatic carbocycles. The third-order valence-electron chi connectivity index (χ3n) is 11.4. The van der Waals surface area contributed by atoms with Crippen molar-refractivity contribution in [3.63, 3.8) is 0 Å². The van der Waals surface area contributed by atoms with Gasteiger partial charge >= 0.3 is 6.16 Å². The second-order valence-corrected chi connectivity index (χ2v) is 15.3. The summed E-state index contributed by atoms with van der Waals surface area (Å²) < 4.78 is 12.0. The van der Waals surface area contributed by atoms with Gasteiger partial charge in [-0.25, -0.2) is 4.79 Å². The summed E-state index contributed by atoms with van der Waals surface area (Å²) >= 11 is 12.9. The van der Waals surface area contributed by atoms with Crippen LogP contribution in [0.25, 0.3) is 0 Å². The number of hydrogen-bond donors (Lipinski definition) is 2. The quantitative estimate of drug-likeness (QED) is 0.276. The zero-order chi connectivity index (χ0) is 37.4. The summed E-state index contributed by atoms with van der Waals surface area (Å²) in [6, 6.07) is 7.55. The van der Waals surface area contributed by atoms with Crippen molar-refractivity contribution in [1.29, 1.82) is 0 Å². The van der Waals surface area contributed by atoms with Gasteiger partial charge in [-0.15, -0.1) is 0 Å². The first-order chi connectivity index (χ1) is 24.8. The normalized spacial score (nSPS) is 21.1. The third-order valence-corrected chi connectivity index (χ3v) is 11.8.